The molecule has 0 radical (unpaired) electrons. The maximum Gasteiger partial charge on any atom is 0.394 e. The Bertz CT molecular complexity index is 751. The second-order valence-electron chi connectivity index (χ2n) is 3.89. The normalized spacial score (nSPS) is 11.2. The van der Waals surface area contributed by atoms with Crippen molar-refractivity contribution in [2.24, 2.45) is 7.05 Å². The molecule has 0 bridgehead atoms. The highest BCUT2D eigenvalue weighted by Crippen LogP contribution is 2.19. The molecule has 8 nitrogen and oxygen atoms in total. The van der Waals surface area contributed by atoms with E-state index in [0.717, 1.165) is 11.5 Å². The van der Waals surface area contributed by atoms with Crippen LogP contribution in [0, 0.1) is 6.92 Å². The average molecular weight is 247 g/mol. The first kappa shape index (κ1) is 10.5. The van der Waals surface area contributed by atoms with Crippen molar-refractivity contribution in [2.45, 2.75) is 6.92 Å². The molecule has 0 amide bonds. The van der Waals surface area contributed by atoms with E-state index in [1.54, 1.807) is 17.8 Å². The van der Waals surface area contributed by atoms with Gasteiger partial charge < -0.3 is 14.2 Å². The molecule has 0 aliphatic rings. The molecule has 0 unspecified atom stereocenters. The summed E-state index contributed by atoms with van der Waals surface area (Å²) in [7, 11) is 1.80. The van der Waals surface area contributed by atoms with Crippen LogP contribution in [0.1, 0.15) is 16.4 Å². The lowest BCUT2D eigenvalue weighted by molar-refractivity contribution is 0.0643. The van der Waals surface area contributed by atoms with Crippen LogP contribution in [0.25, 0.3) is 17.3 Å². The number of hydrogen-bond donors (Lipinski definition) is 1. The van der Waals surface area contributed by atoms with E-state index in [-0.39, 0.29) is 5.82 Å². The van der Waals surface area contributed by atoms with Crippen LogP contribution in [0.5, 0.6) is 0 Å². The standard InChI is InChI=1S/C10H9N5O3/c1-5-3-15-4-6(14(2)10(15)11-5)7-12-8(9(16)17)18-13-7/h3-4H,1-2H3,(H,16,17). The van der Waals surface area contributed by atoms with Crippen molar-refractivity contribution in [3.05, 3.63) is 24.0 Å². The lowest BCUT2D eigenvalue weighted by Crippen LogP contribution is -1.97. The van der Waals surface area contributed by atoms with Gasteiger partial charge in [0, 0.05) is 19.4 Å². The summed E-state index contributed by atoms with van der Waals surface area (Å²) in [6, 6.07) is 0. The summed E-state index contributed by atoms with van der Waals surface area (Å²) in [6.45, 7) is 1.89. The van der Waals surface area contributed by atoms with Crippen LogP contribution < -0.4 is 0 Å². The first-order chi connectivity index (χ1) is 8.56. The number of fused-ring (bicyclic) bond motifs is 1. The SMILES string of the molecule is Cc1cn2cc(-c3noc(C(=O)O)n3)n(C)c2n1. The van der Waals surface area contributed by atoms with E-state index < -0.39 is 11.9 Å². The number of aromatic nitrogens is 5. The number of aromatic carboxylic acids is 1. The van der Waals surface area contributed by atoms with Gasteiger partial charge in [0.25, 0.3) is 0 Å². The van der Waals surface area contributed by atoms with E-state index in [2.05, 4.69) is 19.6 Å². The van der Waals surface area contributed by atoms with Gasteiger partial charge in [-0.3, -0.25) is 4.40 Å². The third-order valence-corrected chi connectivity index (χ3v) is 2.59. The Labute approximate surface area is 100 Å². The number of carboxylic acids is 1. The Hall–Kier alpha value is -2.64. The van der Waals surface area contributed by atoms with E-state index in [1.807, 2.05) is 17.5 Å². The zero-order valence-electron chi connectivity index (χ0n) is 9.65. The maximum absolute atomic E-state index is 10.7. The molecule has 3 heterocycles. The van der Waals surface area contributed by atoms with Crippen LogP contribution in [0.4, 0.5) is 0 Å². The lowest BCUT2D eigenvalue weighted by Gasteiger charge is -1.95. The van der Waals surface area contributed by atoms with Gasteiger partial charge in [-0.05, 0) is 6.92 Å². The molecule has 0 aromatic carbocycles. The zero-order valence-corrected chi connectivity index (χ0v) is 9.65. The molecule has 1 N–H and O–H groups in total. The van der Waals surface area contributed by atoms with Gasteiger partial charge >= 0.3 is 11.9 Å². The predicted octanol–water partition coefficient (Wildman–Crippen LogP) is 0.729. The highest BCUT2D eigenvalue weighted by Gasteiger charge is 2.18. The third kappa shape index (κ3) is 1.39. The van der Waals surface area contributed by atoms with E-state index in [1.165, 1.54) is 0 Å². The zero-order chi connectivity index (χ0) is 12.9. The van der Waals surface area contributed by atoms with Gasteiger partial charge in [-0.2, -0.15) is 4.98 Å². The van der Waals surface area contributed by atoms with Gasteiger partial charge in [0.2, 0.25) is 11.6 Å². The number of hydrogen-bond acceptors (Lipinski definition) is 5. The maximum atomic E-state index is 10.7. The van der Waals surface area contributed by atoms with Crippen molar-refractivity contribution in [1.82, 2.24) is 24.1 Å². The van der Waals surface area contributed by atoms with E-state index in [4.69, 9.17) is 5.11 Å². The molecule has 3 aromatic heterocycles. The quantitative estimate of drug-likeness (QED) is 0.716. The van der Waals surface area contributed by atoms with E-state index in [9.17, 15) is 4.79 Å². The Kier molecular flexibility index (Phi) is 2.00. The third-order valence-electron chi connectivity index (χ3n) is 2.59. The van der Waals surface area contributed by atoms with Crippen molar-refractivity contribution in [1.29, 1.82) is 0 Å². The lowest BCUT2D eigenvalue weighted by atomic mass is 10.4. The summed E-state index contributed by atoms with van der Waals surface area (Å²) in [5, 5.41) is 12.4. The van der Waals surface area contributed by atoms with Crippen molar-refractivity contribution in [2.75, 3.05) is 0 Å². The molecule has 0 saturated carbocycles. The van der Waals surface area contributed by atoms with Gasteiger partial charge in [-0.15, -0.1) is 0 Å². The minimum absolute atomic E-state index is 0.220. The number of carbonyl (C=O) groups is 1. The average Bonchev–Trinajstić information content (AvgIpc) is 2.95. The van der Waals surface area contributed by atoms with Crippen LogP contribution >= 0.6 is 0 Å². The highest BCUT2D eigenvalue weighted by molar-refractivity contribution is 5.82. The fraction of sp³-hybridized carbons (Fsp3) is 0.200. The summed E-state index contributed by atoms with van der Waals surface area (Å²) in [5.74, 6) is -0.731. The second-order valence-corrected chi connectivity index (χ2v) is 3.89. The Morgan fingerprint density at radius 2 is 2.17 bits per heavy atom. The number of imidazole rings is 2. The minimum atomic E-state index is -1.25. The van der Waals surface area contributed by atoms with Gasteiger partial charge in [0.05, 0.1) is 5.69 Å². The van der Waals surface area contributed by atoms with Gasteiger partial charge in [0.15, 0.2) is 0 Å². The van der Waals surface area contributed by atoms with Gasteiger partial charge in [-0.25, -0.2) is 9.78 Å². The van der Waals surface area contributed by atoms with E-state index in [0.29, 0.717) is 5.69 Å². The highest BCUT2D eigenvalue weighted by atomic mass is 16.5. The number of carboxylic acid groups (broad SMARTS) is 1. The van der Waals surface area contributed by atoms with Crippen molar-refractivity contribution >= 4 is 11.7 Å². The molecule has 92 valence electrons. The molecule has 0 saturated heterocycles. The molecule has 0 aliphatic carbocycles. The fourth-order valence-corrected chi connectivity index (χ4v) is 1.79. The Balaban J connectivity index is 2.15. The number of rotatable bonds is 2. The largest absolute Gasteiger partial charge is 0.474 e. The van der Waals surface area contributed by atoms with Crippen molar-refractivity contribution in [3.8, 4) is 11.5 Å². The summed E-state index contributed by atoms with van der Waals surface area (Å²) in [5.41, 5.74) is 1.53. The fourth-order valence-electron chi connectivity index (χ4n) is 1.79. The molecule has 0 aliphatic heterocycles. The Morgan fingerprint density at radius 3 is 2.78 bits per heavy atom. The van der Waals surface area contributed by atoms with E-state index >= 15 is 0 Å². The van der Waals surface area contributed by atoms with Crippen LogP contribution in [0.2, 0.25) is 0 Å². The first-order valence-corrected chi connectivity index (χ1v) is 5.14. The topological polar surface area (TPSA) is 98.5 Å². The van der Waals surface area contributed by atoms with Crippen LogP contribution in [0.15, 0.2) is 16.9 Å². The number of aryl methyl sites for hydroxylation is 2. The van der Waals surface area contributed by atoms with Gasteiger partial charge in [0.1, 0.15) is 5.69 Å². The molecular formula is C10H9N5O3. The first-order valence-electron chi connectivity index (χ1n) is 5.14. The van der Waals surface area contributed by atoms with Crippen LogP contribution in [-0.4, -0.2) is 35.2 Å². The second kappa shape index (κ2) is 3.42. The summed E-state index contributed by atoms with van der Waals surface area (Å²) < 4.78 is 8.22. The molecule has 0 atom stereocenters. The molecule has 18 heavy (non-hydrogen) atoms. The summed E-state index contributed by atoms with van der Waals surface area (Å²) in [6.07, 6.45) is 3.63. The smallest absolute Gasteiger partial charge is 0.394 e. The van der Waals surface area contributed by atoms with Crippen LogP contribution in [-0.2, 0) is 7.05 Å². The summed E-state index contributed by atoms with van der Waals surface area (Å²) >= 11 is 0. The molecule has 0 spiro atoms. The summed E-state index contributed by atoms with van der Waals surface area (Å²) in [4.78, 5) is 18.8. The van der Waals surface area contributed by atoms with Gasteiger partial charge in [-0.1, -0.05) is 5.16 Å². The van der Waals surface area contributed by atoms with Crippen molar-refractivity contribution < 1.29 is 14.4 Å². The van der Waals surface area contributed by atoms with Crippen molar-refractivity contribution in [3.63, 3.8) is 0 Å². The minimum Gasteiger partial charge on any atom is -0.474 e. The predicted molar refractivity (Wildman–Crippen MR) is 59.2 cm³/mol. The number of nitrogens with zero attached hydrogens (tertiary/aromatic N) is 5. The molecule has 3 aromatic rings. The molecule has 8 heteroatoms. The molecule has 0 fully saturated rings. The monoisotopic (exact) mass is 247 g/mol. The Morgan fingerprint density at radius 1 is 1.39 bits per heavy atom. The van der Waals surface area contributed by atoms with Crippen LogP contribution in [0.3, 0.4) is 0 Å². The molecule has 3 rings (SSSR count). The molecular weight excluding hydrogens is 238 g/mol.